The molecule has 0 aromatic heterocycles. The van der Waals surface area contributed by atoms with E-state index in [0.29, 0.717) is 17.1 Å². The van der Waals surface area contributed by atoms with Gasteiger partial charge in [-0.3, -0.25) is 0 Å². The first-order valence-corrected chi connectivity index (χ1v) is 4.98. The number of rotatable bonds is 5. The molecule has 4 nitrogen and oxygen atoms in total. The molecular formula is C11H16FNO3. The molecule has 1 aromatic carbocycles. The Kier molecular flexibility index (Phi) is 4.52. The Balaban J connectivity index is 3.15. The van der Waals surface area contributed by atoms with Gasteiger partial charge in [-0.25, -0.2) is 9.87 Å². The highest BCUT2D eigenvalue weighted by atomic mass is 19.1. The van der Waals surface area contributed by atoms with Crippen molar-refractivity contribution in [2.75, 3.05) is 7.11 Å². The van der Waals surface area contributed by atoms with E-state index in [1.165, 1.54) is 19.2 Å². The summed E-state index contributed by atoms with van der Waals surface area (Å²) in [6.45, 7) is 3.81. The molecule has 2 N–H and O–H groups in total. The molecule has 0 saturated heterocycles. The molecule has 0 aliphatic rings. The quantitative estimate of drug-likeness (QED) is 0.759. The average molecular weight is 229 g/mol. The second-order valence-electron chi connectivity index (χ2n) is 3.60. The van der Waals surface area contributed by atoms with Crippen LogP contribution in [0.2, 0.25) is 0 Å². The molecule has 0 unspecified atom stereocenters. The zero-order valence-corrected chi connectivity index (χ0v) is 9.58. The fourth-order valence-electron chi connectivity index (χ4n) is 1.36. The Morgan fingerprint density at radius 1 is 1.44 bits per heavy atom. The largest absolute Gasteiger partial charge is 0.493 e. The van der Waals surface area contributed by atoms with Crippen LogP contribution in [0, 0.1) is 5.82 Å². The van der Waals surface area contributed by atoms with Gasteiger partial charge in [0.1, 0.15) is 5.82 Å². The van der Waals surface area contributed by atoms with Gasteiger partial charge in [0.2, 0.25) is 0 Å². The summed E-state index contributed by atoms with van der Waals surface area (Å²) in [5.41, 5.74) is 2.48. The van der Waals surface area contributed by atoms with Gasteiger partial charge in [0, 0.05) is 18.2 Å². The number of hydrogen-bond donors (Lipinski definition) is 2. The summed E-state index contributed by atoms with van der Waals surface area (Å²) in [6.07, 6.45) is -0.0585. The maximum Gasteiger partial charge on any atom is 0.166 e. The molecule has 0 aliphatic heterocycles. The fourth-order valence-corrected chi connectivity index (χ4v) is 1.36. The predicted molar refractivity (Wildman–Crippen MR) is 57.3 cm³/mol. The van der Waals surface area contributed by atoms with Gasteiger partial charge >= 0.3 is 0 Å². The molecule has 5 heteroatoms. The topological polar surface area (TPSA) is 50.7 Å². The van der Waals surface area contributed by atoms with E-state index in [1.807, 2.05) is 19.3 Å². The van der Waals surface area contributed by atoms with Crippen molar-refractivity contribution in [1.29, 1.82) is 0 Å². The monoisotopic (exact) mass is 229 g/mol. The Labute approximate surface area is 93.9 Å². The summed E-state index contributed by atoms with van der Waals surface area (Å²) in [6, 6.07) is 2.54. The summed E-state index contributed by atoms with van der Waals surface area (Å²) in [5.74, 6) is 0.331. The highest BCUT2D eigenvalue weighted by Crippen LogP contribution is 2.33. The van der Waals surface area contributed by atoms with Crippen LogP contribution < -0.4 is 15.0 Å². The first-order valence-electron chi connectivity index (χ1n) is 4.98. The summed E-state index contributed by atoms with van der Waals surface area (Å²) >= 11 is 0. The van der Waals surface area contributed by atoms with Crippen molar-refractivity contribution in [3.8, 4) is 11.5 Å². The van der Waals surface area contributed by atoms with Crippen LogP contribution in [0.4, 0.5) is 4.39 Å². The molecule has 0 bridgehead atoms. The van der Waals surface area contributed by atoms with Crippen molar-refractivity contribution in [3.05, 3.63) is 23.5 Å². The lowest BCUT2D eigenvalue weighted by molar-refractivity contribution is 0.157. The Bertz CT molecular complexity index is 355. The number of methoxy groups -OCH3 is 1. The van der Waals surface area contributed by atoms with Crippen molar-refractivity contribution in [1.82, 2.24) is 5.48 Å². The molecule has 0 saturated carbocycles. The van der Waals surface area contributed by atoms with Crippen LogP contribution in [0.5, 0.6) is 11.5 Å². The van der Waals surface area contributed by atoms with E-state index >= 15 is 0 Å². The van der Waals surface area contributed by atoms with Crippen molar-refractivity contribution in [2.24, 2.45) is 0 Å². The summed E-state index contributed by atoms with van der Waals surface area (Å²) < 4.78 is 23.8. The van der Waals surface area contributed by atoms with Gasteiger partial charge < -0.3 is 14.7 Å². The minimum Gasteiger partial charge on any atom is -0.493 e. The standard InChI is InChI=1S/C11H16FNO3/c1-7(2)16-11-8(6-13-14)4-9(12)5-10(11)15-3/h4-5,7,13-14H,6H2,1-3H3. The zero-order valence-electron chi connectivity index (χ0n) is 9.58. The summed E-state index contributed by atoms with van der Waals surface area (Å²) in [5, 5.41) is 8.66. The lowest BCUT2D eigenvalue weighted by Crippen LogP contribution is -2.13. The van der Waals surface area contributed by atoms with E-state index in [9.17, 15) is 4.39 Å². The van der Waals surface area contributed by atoms with Crippen LogP contribution >= 0.6 is 0 Å². The van der Waals surface area contributed by atoms with Crippen LogP contribution in [-0.2, 0) is 6.54 Å². The lowest BCUT2D eigenvalue weighted by Gasteiger charge is -2.17. The van der Waals surface area contributed by atoms with E-state index in [0.717, 1.165) is 0 Å². The average Bonchev–Trinajstić information content (AvgIpc) is 2.21. The molecule has 0 spiro atoms. The predicted octanol–water partition coefficient (Wildman–Crippen LogP) is 2.10. The highest BCUT2D eigenvalue weighted by Gasteiger charge is 2.14. The Morgan fingerprint density at radius 3 is 2.62 bits per heavy atom. The van der Waals surface area contributed by atoms with E-state index < -0.39 is 5.82 Å². The molecule has 0 fully saturated rings. The number of benzene rings is 1. The van der Waals surface area contributed by atoms with Gasteiger partial charge in [-0.2, -0.15) is 0 Å². The SMILES string of the molecule is COc1cc(F)cc(CNO)c1OC(C)C. The maximum atomic E-state index is 13.2. The van der Waals surface area contributed by atoms with Crippen molar-refractivity contribution in [3.63, 3.8) is 0 Å². The molecule has 16 heavy (non-hydrogen) atoms. The van der Waals surface area contributed by atoms with Gasteiger partial charge in [0.25, 0.3) is 0 Å². The van der Waals surface area contributed by atoms with Gasteiger partial charge in [0.05, 0.1) is 13.2 Å². The van der Waals surface area contributed by atoms with Crippen LogP contribution in [-0.4, -0.2) is 18.4 Å². The Hall–Kier alpha value is -1.33. The number of ether oxygens (including phenoxy) is 2. The fraction of sp³-hybridized carbons (Fsp3) is 0.455. The Morgan fingerprint density at radius 2 is 2.12 bits per heavy atom. The maximum absolute atomic E-state index is 13.2. The number of nitrogens with one attached hydrogen (secondary N) is 1. The first kappa shape index (κ1) is 12.7. The van der Waals surface area contributed by atoms with Gasteiger partial charge in [-0.05, 0) is 19.9 Å². The number of halogens is 1. The van der Waals surface area contributed by atoms with Crippen LogP contribution in [0.25, 0.3) is 0 Å². The molecule has 90 valence electrons. The third-order valence-electron chi connectivity index (χ3n) is 1.94. The first-order chi connectivity index (χ1) is 7.58. The zero-order chi connectivity index (χ0) is 12.1. The molecule has 0 aliphatic carbocycles. The van der Waals surface area contributed by atoms with E-state index in [-0.39, 0.29) is 12.6 Å². The molecule has 1 aromatic rings. The lowest BCUT2D eigenvalue weighted by atomic mass is 10.1. The normalized spacial score (nSPS) is 10.6. The van der Waals surface area contributed by atoms with Gasteiger partial charge in [0.15, 0.2) is 11.5 Å². The number of hydrogen-bond acceptors (Lipinski definition) is 4. The third-order valence-corrected chi connectivity index (χ3v) is 1.94. The van der Waals surface area contributed by atoms with E-state index in [1.54, 1.807) is 0 Å². The third kappa shape index (κ3) is 3.08. The smallest absolute Gasteiger partial charge is 0.166 e. The molecule has 0 amide bonds. The minimum atomic E-state index is -0.432. The second kappa shape index (κ2) is 5.67. The van der Waals surface area contributed by atoms with Crippen LogP contribution in [0.3, 0.4) is 0 Å². The van der Waals surface area contributed by atoms with Crippen molar-refractivity contribution < 1.29 is 19.1 Å². The summed E-state index contributed by atoms with van der Waals surface area (Å²) in [4.78, 5) is 0. The molecule has 0 heterocycles. The van der Waals surface area contributed by atoms with Crippen LogP contribution in [0.15, 0.2) is 12.1 Å². The second-order valence-corrected chi connectivity index (χ2v) is 3.60. The van der Waals surface area contributed by atoms with Crippen LogP contribution in [0.1, 0.15) is 19.4 Å². The van der Waals surface area contributed by atoms with Crippen molar-refractivity contribution >= 4 is 0 Å². The minimum absolute atomic E-state index is 0.0585. The van der Waals surface area contributed by atoms with Gasteiger partial charge in [-0.15, -0.1) is 0 Å². The molecular weight excluding hydrogens is 213 g/mol. The molecule has 0 atom stereocenters. The van der Waals surface area contributed by atoms with E-state index in [4.69, 9.17) is 14.7 Å². The van der Waals surface area contributed by atoms with E-state index in [2.05, 4.69) is 0 Å². The van der Waals surface area contributed by atoms with Gasteiger partial charge in [-0.1, -0.05) is 0 Å². The molecule has 0 radical (unpaired) electrons. The highest BCUT2D eigenvalue weighted by molar-refractivity contribution is 5.47. The summed E-state index contributed by atoms with van der Waals surface area (Å²) in [7, 11) is 1.44. The molecule has 1 rings (SSSR count). The van der Waals surface area contributed by atoms with Crippen molar-refractivity contribution in [2.45, 2.75) is 26.5 Å². The number of hydroxylamine groups is 1.